The number of piperidine rings is 1. The molecular weight excluding hydrogens is 406 g/mol. The molecule has 0 atom stereocenters. The van der Waals surface area contributed by atoms with Gasteiger partial charge in [0.2, 0.25) is 10.0 Å². The minimum atomic E-state index is -3.65. The lowest BCUT2D eigenvalue weighted by molar-refractivity contribution is 0.297. The average Bonchev–Trinajstić information content (AvgIpc) is 3.03. The minimum absolute atomic E-state index is 0.169. The van der Waals surface area contributed by atoms with Crippen molar-refractivity contribution in [2.24, 2.45) is 5.92 Å². The van der Waals surface area contributed by atoms with E-state index in [4.69, 9.17) is 9.47 Å². The van der Waals surface area contributed by atoms with E-state index in [9.17, 15) is 13.7 Å². The molecule has 1 N–H and O–H groups in total. The number of hydrogen-bond acceptors (Lipinski definition) is 8. The molecule has 0 unspecified atom stereocenters. The van der Waals surface area contributed by atoms with Crippen molar-refractivity contribution in [2.75, 3.05) is 37.7 Å². The molecule has 0 bridgehead atoms. The molecule has 1 aromatic carbocycles. The van der Waals surface area contributed by atoms with Crippen LogP contribution >= 0.6 is 0 Å². The highest BCUT2D eigenvalue weighted by Gasteiger charge is 2.25. The minimum Gasteiger partial charge on any atom is -0.490 e. The summed E-state index contributed by atoms with van der Waals surface area (Å²) in [5.74, 6) is 1.82. The summed E-state index contributed by atoms with van der Waals surface area (Å²) in [5, 5.41) is 9.20. The van der Waals surface area contributed by atoms with Gasteiger partial charge in [-0.2, -0.15) is 5.26 Å². The molecule has 158 valence electrons. The number of aromatic nitrogens is 2. The van der Waals surface area contributed by atoms with E-state index in [0.717, 1.165) is 19.3 Å². The highest BCUT2D eigenvalue weighted by molar-refractivity contribution is 7.89. The molecule has 0 radical (unpaired) electrons. The first-order valence-corrected chi connectivity index (χ1v) is 11.4. The molecule has 9 nitrogen and oxygen atoms in total. The van der Waals surface area contributed by atoms with E-state index in [1.807, 2.05) is 4.90 Å². The fourth-order valence-electron chi connectivity index (χ4n) is 3.61. The van der Waals surface area contributed by atoms with Gasteiger partial charge in [0.1, 0.15) is 6.07 Å². The quantitative estimate of drug-likeness (QED) is 0.763. The first-order chi connectivity index (χ1) is 14.6. The van der Waals surface area contributed by atoms with Gasteiger partial charge in [0.05, 0.1) is 18.1 Å². The highest BCUT2D eigenvalue weighted by atomic mass is 32.2. The first-order valence-electron chi connectivity index (χ1n) is 9.92. The van der Waals surface area contributed by atoms with Crippen molar-refractivity contribution in [2.45, 2.75) is 24.2 Å². The monoisotopic (exact) mass is 429 g/mol. The Kier molecular flexibility index (Phi) is 6.01. The van der Waals surface area contributed by atoms with Crippen molar-refractivity contribution < 1.29 is 17.9 Å². The SMILES string of the molecule is N#Cc1nccnc1N1CCC(CNS(=O)(=O)c2ccc3c(c2)OCCCO3)CC1. The van der Waals surface area contributed by atoms with Crippen LogP contribution < -0.4 is 19.1 Å². The molecule has 2 aliphatic rings. The number of benzene rings is 1. The third-order valence-electron chi connectivity index (χ3n) is 5.29. The maximum atomic E-state index is 12.7. The third-order valence-corrected chi connectivity index (χ3v) is 6.71. The zero-order valence-corrected chi connectivity index (χ0v) is 17.3. The predicted octanol–water partition coefficient (Wildman–Crippen LogP) is 1.70. The molecule has 30 heavy (non-hydrogen) atoms. The number of rotatable bonds is 5. The molecule has 2 aromatic rings. The summed E-state index contributed by atoms with van der Waals surface area (Å²) in [7, 11) is -3.65. The van der Waals surface area contributed by atoms with E-state index in [0.29, 0.717) is 55.9 Å². The second-order valence-corrected chi connectivity index (χ2v) is 9.05. The van der Waals surface area contributed by atoms with Crippen molar-refractivity contribution in [1.29, 1.82) is 5.26 Å². The molecule has 3 heterocycles. The van der Waals surface area contributed by atoms with E-state index in [2.05, 4.69) is 20.8 Å². The smallest absolute Gasteiger partial charge is 0.240 e. The van der Waals surface area contributed by atoms with Crippen LogP contribution in [0.1, 0.15) is 25.0 Å². The molecule has 1 saturated heterocycles. The zero-order chi connectivity index (χ0) is 21.0. The molecule has 1 fully saturated rings. The lowest BCUT2D eigenvalue weighted by atomic mass is 9.97. The molecular formula is C20H23N5O4S. The third kappa shape index (κ3) is 4.47. The van der Waals surface area contributed by atoms with Gasteiger partial charge in [-0.3, -0.25) is 0 Å². The van der Waals surface area contributed by atoms with Gasteiger partial charge >= 0.3 is 0 Å². The fourth-order valence-corrected chi connectivity index (χ4v) is 4.74. The predicted molar refractivity (Wildman–Crippen MR) is 109 cm³/mol. The van der Waals surface area contributed by atoms with Gasteiger partial charge in [-0.05, 0) is 30.9 Å². The fraction of sp³-hybridized carbons (Fsp3) is 0.450. The molecule has 0 spiro atoms. The van der Waals surface area contributed by atoms with Crippen LogP contribution in [0.2, 0.25) is 0 Å². The van der Waals surface area contributed by atoms with Crippen LogP contribution in [0.15, 0.2) is 35.5 Å². The van der Waals surface area contributed by atoms with Crippen LogP contribution in [-0.2, 0) is 10.0 Å². The molecule has 0 amide bonds. The second kappa shape index (κ2) is 8.85. The van der Waals surface area contributed by atoms with Crippen LogP contribution in [0.25, 0.3) is 0 Å². The molecule has 4 rings (SSSR count). The van der Waals surface area contributed by atoms with Gasteiger partial charge < -0.3 is 14.4 Å². The molecule has 0 aliphatic carbocycles. The van der Waals surface area contributed by atoms with Gasteiger partial charge in [0, 0.05) is 44.5 Å². The molecule has 2 aliphatic heterocycles. The van der Waals surface area contributed by atoms with Crippen molar-refractivity contribution in [3.63, 3.8) is 0 Å². The normalized spacial score (nSPS) is 17.2. The number of sulfonamides is 1. The van der Waals surface area contributed by atoms with Crippen LogP contribution in [0.3, 0.4) is 0 Å². The Balaban J connectivity index is 1.35. The number of nitrogens with zero attached hydrogens (tertiary/aromatic N) is 4. The summed E-state index contributed by atoms with van der Waals surface area (Å²) in [4.78, 5) is 10.5. The van der Waals surface area contributed by atoms with Gasteiger partial charge in [-0.25, -0.2) is 23.1 Å². The Morgan fingerprint density at radius 2 is 1.87 bits per heavy atom. The summed E-state index contributed by atoms with van der Waals surface area (Å²) in [5.41, 5.74) is 0.311. The number of fused-ring (bicyclic) bond motifs is 1. The van der Waals surface area contributed by atoms with Gasteiger partial charge in [0.25, 0.3) is 0 Å². The maximum absolute atomic E-state index is 12.7. The first kappa shape index (κ1) is 20.4. The number of nitrogens with one attached hydrogen (secondary N) is 1. The molecule has 0 saturated carbocycles. The van der Waals surface area contributed by atoms with Crippen LogP contribution in [0.4, 0.5) is 5.82 Å². The maximum Gasteiger partial charge on any atom is 0.240 e. The van der Waals surface area contributed by atoms with E-state index in [-0.39, 0.29) is 10.8 Å². The van der Waals surface area contributed by atoms with Crippen molar-refractivity contribution >= 4 is 15.8 Å². The Morgan fingerprint density at radius 3 is 2.63 bits per heavy atom. The Morgan fingerprint density at radius 1 is 1.13 bits per heavy atom. The van der Waals surface area contributed by atoms with E-state index in [1.54, 1.807) is 12.3 Å². The molecule has 10 heteroatoms. The van der Waals surface area contributed by atoms with Crippen molar-refractivity contribution in [3.05, 3.63) is 36.3 Å². The highest BCUT2D eigenvalue weighted by Crippen LogP contribution is 2.32. The van der Waals surface area contributed by atoms with Crippen molar-refractivity contribution in [1.82, 2.24) is 14.7 Å². The van der Waals surface area contributed by atoms with Crippen LogP contribution in [0, 0.1) is 17.2 Å². The zero-order valence-electron chi connectivity index (χ0n) is 16.5. The Hall–Kier alpha value is -2.90. The number of ether oxygens (including phenoxy) is 2. The summed E-state index contributed by atoms with van der Waals surface area (Å²) >= 11 is 0. The van der Waals surface area contributed by atoms with E-state index in [1.165, 1.54) is 18.3 Å². The summed E-state index contributed by atoms with van der Waals surface area (Å²) in [6.45, 7) is 2.81. The summed E-state index contributed by atoms with van der Waals surface area (Å²) in [6, 6.07) is 6.76. The van der Waals surface area contributed by atoms with Gasteiger partial charge in [-0.1, -0.05) is 0 Å². The summed E-state index contributed by atoms with van der Waals surface area (Å²) in [6.07, 6.45) is 5.43. The average molecular weight is 430 g/mol. The lowest BCUT2D eigenvalue weighted by Gasteiger charge is -2.32. The van der Waals surface area contributed by atoms with Gasteiger partial charge in [0.15, 0.2) is 23.0 Å². The number of anilines is 1. The standard InChI is InChI=1S/C20H23N5O4S/c21-13-17-20(23-7-6-22-17)25-8-4-15(5-9-25)14-24-30(26,27)16-2-3-18-19(12-16)29-11-1-10-28-18/h2-3,6-7,12,15,24H,1,4-5,8-11,14H2. The summed E-state index contributed by atoms with van der Waals surface area (Å²) < 4.78 is 39.4. The Bertz CT molecular complexity index is 1050. The van der Waals surface area contributed by atoms with E-state index < -0.39 is 10.0 Å². The van der Waals surface area contributed by atoms with E-state index >= 15 is 0 Å². The number of hydrogen-bond donors (Lipinski definition) is 1. The second-order valence-electron chi connectivity index (χ2n) is 7.28. The Labute approximate surface area is 175 Å². The molecule has 1 aromatic heterocycles. The van der Waals surface area contributed by atoms with Gasteiger partial charge in [-0.15, -0.1) is 0 Å². The lowest BCUT2D eigenvalue weighted by Crippen LogP contribution is -2.39. The van der Waals surface area contributed by atoms with Crippen molar-refractivity contribution in [3.8, 4) is 17.6 Å². The number of nitriles is 1. The topological polar surface area (TPSA) is 117 Å². The van der Waals surface area contributed by atoms with Crippen LogP contribution in [0.5, 0.6) is 11.5 Å². The van der Waals surface area contributed by atoms with Crippen LogP contribution in [-0.4, -0.2) is 51.2 Å². The largest absolute Gasteiger partial charge is 0.490 e.